The average molecular weight is 389 g/mol. The highest BCUT2D eigenvalue weighted by Crippen LogP contribution is 2.25. The molecule has 3 nitrogen and oxygen atoms in total. The summed E-state index contributed by atoms with van der Waals surface area (Å²) in [6.07, 6.45) is 0. The van der Waals surface area contributed by atoms with E-state index in [4.69, 9.17) is 23.8 Å². The molecule has 0 radical (unpaired) electrons. The Bertz CT molecular complexity index is 664. The molecule has 0 saturated carbocycles. The van der Waals surface area contributed by atoms with Crippen LogP contribution in [-0.2, 0) is 6.54 Å². The Kier molecular flexibility index (Phi) is 5.50. The first-order valence-electron chi connectivity index (χ1n) is 6.07. The van der Waals surface area contributed by atoms with Gasteiger partial charge < -0.3 is 10.6 Å². The fourth-order valence-corrected chi connectivity index (χ4v) is 2.40. The maximum Gasteiger partial charge on any atom is 0.172 e. The van der Waals surface area contributed by atoms with Crippen LogP contribution in [0.5, 0.6) is 0 Å². The number of aromatic nitrogens is 1. The highest BCUT2D eigenvalue weighted by atomic mass is 79.9. The van der Waals surface area contributed by atoms with E-state index >= 15 is 0 Å². The van der Waals surface area contributed by atoms with Crippen molar-refractivity contribution in [1.82, 2.24) is 10.3 Å². The summed E-state index contributed by atoms with van der Waals surface area (Å²) >= 11 is 14.6. The van der Waals surface area contributed by atoms with Crippen molar-refractivity contribution >= 4 is 50.7 Å². The van der Waals surface area contributed by atoms with Gasteiger partial charge in [0.15, 0.2) is 10.9 Å². The third-order valence-corrected chi connectivity index (χ3v) is 4.04. The molecule has 21 heavy (non-hydrogen) atoms. The average Bonchev–Trinajstić information content (AvgIpc) is 2.44. The Labute approximate surface area is 141 Å². The lowest BCUT2D eigenvalue weighted by atomic mass is 10.2. The summed E-state index contributed by atoms with van der Waals surface area (Å²) in [6.45, 7) is 2.35. The van der Waals surface area contributed by atoms with Crippen molar-refractivity contribution in [1.29, 1.82) is 0 Å². The molecule has 0 bridgehead atoms. The van der Waals surface area contributed by atoms with Crippen molar-refractivity contribution in [2.75, 3.05) is 5.32 Å². The molecule has 7 heteroatoms. The van der Waals surface area contributed by atoms with Gasteiger partial charge in [-0.25, -0.2) is 9.37 Å². The summed E-state index contributed by atoms with van der Waals surface area (Å²) in [5.41, 5.74) is 1.73. The summed E-state index contributed by atoms with van der Waals surface area (Å²) < 4.78 is 13.6. The van der Waals surface area contributed by atoms with E-state index in [1.807, 2.05) is 6.92 Å². The van der Waals surface area contributed by atoms with Crippen LogP contribution in [0, 0.1) is 12.7 Å². The standard InChI is InChI=1S/C14H12BrClFN3S/c1-8-11(15)6-12(16)13(19-8)20-14(21)18-7-9-2-4-10(17)5-3-9/h2-6H,7H2,1H3,(H2,18,19,20,21). The fraction of sp³-hybridized carbons (Fsp3) is 0.143. The number of hydrogen-bond donors (Lipinski definition) is 2. The van der Waals surface area contributed by atoms with Crippen LogP contribution in [0.2, 0.25) is 5.02 Å². The highest BCUT2D eigenvalue weighted by Gasteiger charge is 2.07. The maximum atomic E-state index is 12.8. The van der Waals surface area contributed by atoms with Crippen LogP contribution in [0.4, 0.5) is 10.2 Å². The molecule has 0 aliphatic carbocycles. The van der Waals surface area contributed by atoms with Gasteiger partial charge in [-0.05, 0) is 58.8 Å². The van der Waals surface area contributed by atoms with E-state index in [-0.39, 0.29) is 5.82 Å². The normalized spacial score (nSPS) is 10.3. The Hall–Kier alpha value is -1.24. The molecule has 2 aromatic rings. The van der Waals surface area contributed by atoms with Gasteiger partial charge in [0.1, 0.15) is 5.82 Å². The second kappa shape index (κ2) is 7.15. The number of pyridine rings is 1. The van der Waals surface area contributed by atoms with E-state index in [9.17, 15) is 4.39 Å². The van der Waals surface area contributed by atoms with Gasteiger partial charge >= 0.3 is 0 Å². The Morgan fingerprint density at radius 3 is 2.71 bits per heavy atom. The third-order valence-electron chi connectivity index (χ3n) is 2.70. The van der Waals surface area contributed by atoms with Crippen LogP contribution >= 0.6 is 39.7 Å². The monoisotopic (exact) mass is 387 g/mol. The zero-order chi connectivity index (χ0) is 15.4. The van der Waals surface area contributed by atoms with E-state index in [0.29, 0.717) is 22.5 Å². The van der Waals surface area contributed by atoms with Crippen LogP contribution in [0.15, 0.2) is 34.8 Å². The first kappa shape index (κ1) is 16.1. The molecule has 2 N–H and O–H groups in total. The molecule has 0 aliphatic heterocycles. The molecule has 0 saturated heterocycles. The second-order valence-corrected chi connectivity index (χ2v) is 5.99. The number of nitrogens with one attached hydrogen (secondary N) is 2. The number of rotatable bonds is 3. The van der Waals surface area contributed by atoms with Crippen molar-refractivity contribution in [3.63, 3.8) is 0 Å². The van der Waals surface area contributed by atoms with E-state index < -0.39 is 0 Å². The quantitative estimate of drug-likeness (QED) is 0.763. The lowest BCUT2D eigenvalue weighted by Gasteiger charge is -2.12. The minimum absolute atomic E-state index is 0.263. The molecule has 0 spiro atoms. The maximum absolute atomic E-state index is 12.8. The zero-order valence-corrected chi connectivity index (χ0v) is 14.2. The molecule has 0 amide bonds. The van der Waals surface area contributed by atoms with Crippen molar-refractivity contribution in [2.24, 2.45) is 0 Å². The van der Waals surface area contributed by atoms with Gasteiger partial charge in [0.25, 0.3) is 0 Å². The molecule has 110 valence electrons. The smallest absolute Gasteiger partial charge is 0.172 e. The summed E-state index contributed by atoms with van der Waals surface area (Å²) in [4.78, 5) is 4.31. The number of benzene rings is 1. The summed E-state index contributed by atoms with van der Waals surface area (Å²) in [5.74, 6) is 0.231. The van der Waals surface area contributed by atoms with Gasteiger partial charge in [0.05, 0.1) is 10.7 Å². The second-order valence-electron chi connectivity index (χ2n) is 4.32. The van der Waals surface area contributed by atoms with Crippen molar-refractivity contribution in [2.45, 2.75) is 13.5 Å². The van der Waals surface area contributed by atoms with E-state index in [0.717, 1.165) is 15.7 Å². The van der Waals surface area contributed by atoms with Gasteiger partial charge in [-0.3, -0.25) is 0 Å². The molecule has 1 heterocycles. The first-order valence-corrected chi connectivity index (χ1v) is 7.65. The Balaban J connectivity index is 1.96. The van der Waals surface area contributed by atoms with E-state index in [2.05, 4.69) is 31.5 Å². The lowest BCUT2D eigenvalue weighted by Crippen LogP contribution is -2.28. The van der Waals surface area contributed by atoms with E-state index in [1.165, 1.54) is 12.1 Å². The van der Waals surface area contributed by atoms with E-state index in [1.54, 1.807) is 18.2 Å². The van der Waals surface area contributed by atoms with Crippen LogP contribution in [0.25, 0.3) is 0 Å². The van der Waals surface area contributed by atoms with Gasteiger partial charge in [0, 0.05) is 11.0 Å². The minimum atomic E-state index is -0.263. The van der Waals surface area contributed by atoms with Crippen molar-refractivity contribution in [3.8, 4) is 0 Å². The number of anilines is 1. The Morgan fingerprint density at radius 1 is 1.38 bits per heavy atom. The molecule has 1 aromatic heterocycles. The number of halogens is 3. The number of nitrogens with zero attached hydrogens (tertiary/aromatic N) is 1. The molecular weight excluding hydrogens is 377 g/mol. The predicted molar refractivity (Wildman–Crippen MR) is 91.1 cm³/mol. The molecule has 0 unspecified atom stereocenters. The Morgan fingerprint density at radius 2 is 2.05 bits per heavy atom. The van der Waals surface area contributed by atoms with Crippen LogP contribution in [0.1, 0.15) is 11.3 Å². The predicted octanol–water partition coefficient (Wildman–Crippen LogP) is 4.43. The SMILES string of the molecule is Cc1nc(NC(=S)NCc2ccc(F)cc2)c(Cl)cc1Br. The molecular formula is C14H12BrClFN3S. The number of thiocarbonyl (C=S) groups is 1. The van der Waals surface area contributed by atoms with Gasteiger partial charge in [-0.15, -0.1) is 0 Å². The van der Waals surface area contributed by atoms with Crippen molar-refractivity contribution < 1.29 is 4.39 Å². The fourth-order valence-electron chi connectivity index (χ4n) is 1.58. The summed E-state index contributed by atoms with van der Waals surface area (Å²) in [5, 5.41) is 6.83. The largest absolute Gasteiger partial charge is 0.358 e. The summed E-state index contributed by atoms with van der Waals surface area (Å²) in [6, 6.07) is 7.96. The topological polar surface area (TPSA) is 37.0 Å². The molecule has 1 aromatic carbocycles. The first-order chi connectivity index (χ1) is 9.95. The van der Waals surface area contributed by atoms with Gasteiger partial charge in [-0.1, -0.05) is 23.7 Å². The molecule has 0 fully saturated rings. The van der Waals surface area contributed by atoms with Crippen LogP contribution < -0.4 is 10.6 Å². The molecule has 0 aliphatic rings. The van der Waals surface area contributed by atoms with Gasteiger partial charge in [-0.2, -0.15) is 0 Å². The van der Waals surface area contributed by atoms with Crippen molar-refractivity contribution in [3.05, 3.63) is 56.9 Å². The zero-order valence-electron chi connectivity index (χ0n) is 11.1. The minimum Gasteiger partial charge on any atom is -0.358 e. The molecule has 0 atom stereocenters. The highest BCUT2D eigenvalue weighted by molar-refractivity contribution is 9.10. The van der Waals surface area contributed by atoms with Gasteiger partial charge in [0.2, 0.25) is 0 Å². The third kappa shape index (κ3) is 4.62. The van der Waals surface area contributed by atoms with Crippen LogP contribution in [0.3, 0.4) is 0 Å². The number of aryl methyl sites for hydroxylation is 1. The molecule has 2 rings (SSSR count). The number of hydrogen-bond acceptors (Lipinski definition) is 2. The lowest BCUT2D eigenvalue weighted by molar-refractivity contribution is 0.627. The van der Waals surface area contributed by atoms with Crippen LogP contribution in [-0.4, -0.2) is 10.1 Å². The summed E-state index contributed by atoms with van der Waals surface area (Å²) in [7, 11) is 0.